The number of nitriles is 1. The van der Waals surface area contributed by atoms with Gasteiger partial charge in [0.05, 0.1) is 18.2 Å². The van der Waals surface area contributed by atoms with Crippen LogP contribution in [0, 0.1) is 24.1 Å². The van der Waals surface area contributed by atoms with Gasteiger partial charge in [-0.25, -0.2) is 4.39 Å². The summed E-state index contributed by atoms with van der Waals surface area (Å²) in [5.74, 6) is -0.469. The van der Waals surface area contributed by atoms with Crippen LogP contribution >= 0.6 is 11.8 Å². The number of thioether (sulfide) groups is 1. The first-order chi connectivity index (χ1) is 11.2. The normalized spacial score (nSPS) is 11.2. The zero-order valence-electron chi connectivity index (χ0n) is 12.3. The van der Waals surface area contributed by atoms with E-state index < -0.39 is 17.9 Å². The van der Waals surface area contributed by atoms with Gasteiger partial charge in [-0.2, -0.15) is 18.4 Å². The van der Waals surface area contributed by atoms with Crippen molar-refractivity contribution >= 4 is 11.8 Å². The molecule has 24 heavy (non-hydrogen) atoms. The summed E-state index contributed by atoms with van der Waals surface area (Å²) in [6.45, 7) is 0.889. The minimum absolute atomic E-state index is 0.0368. The molecular weight excluding hydrogens is 346 g/mol. The summed E-state index contributed by atoms with van der Waals surface area (Å²) in [5, 5.41) is 18.2. The van der Waals surface area contributed by atoms with Crippen LogP contribution in [0.4, 0.5) is 17.6 Å². The van der Waals surface area contributed by atoms with Gasteiger partial charge in [0.25, 0.3) is 0 Å². The Kier molecular flexibility index (Phi) is 5.36. The van der Waals surface area contributed by atoms with Gasteiger partial charge in [-0.3, -0.25) is 0 Å². The van der Waals surface area contributed by atoms with E-state index in [4.69, 9.17) is 10.00 Å². The molecule has 0 fully saturated rings. The Morgan fingerprint density at radius 1 is 1.25 bits per heavy atom. The maximum absolute atomic E-state index is 13.4. The fourth-order valence-corrected chi connectivity index (χ4v) is 2.78. The van der Waals surface area contributed by atoms with Crippen molar-refractivity contribution in [2.75, 3.05) is 0 Å². The zero-order valence-corrected chi connectivity index (χ0v) is 13.1. The highest BCUT2D eigenvalue weighted by atomic mass is 32.2. The number of rotatable bonds is 4. The summed E-state index contributed by atoms with van der Waals surface area (Å²) in [4.78, 5) is -0.133. The van der Waals surface area contributed by atoms with Crippen LogP contribution in [0.5, 0.6) is 11.5 Å². The van der Waals surface area contributed by atoms with Gasteiger partial charge in [-0.05, 0) is 54.1 Å². The molecule has 0 aliphatic carbocycles. The fraction of sp³-hybridized carbons (Fsp3) is 0.188. The molecule has 0 atom stereocenters. The van der Waals surface area contributed by atoms with Crippen LogP contribution in [0.1, 0.15) is 16.7 Å². The van der Waals surface area contributed by atoms with Gasteiger partial charge in [0.2, 0.25) is 0 Å². The van der Waals surface area contributed by atoms with E-state index in [1.54, 1.807) is 6.07 Å². The molecule has 126 valence electrons. The van der Waals surface area contributed by atoms with Crippen LogP contribution in [0.2, 0.25) is 0 Å². The molecule has 0 radical (unpaired) electrons. The Balaban J connectivity index is 2.39. The Labute approximate surface area is 139 Å². The average molecular weight is 357 g/mol. The molecule has 0 aromatic heterocycles. The van der Waals surface area contributed by atoms with E-state index in [0.29, 0.717) is 5.56 Å². The van der Waals surface area contributed by atoms with Crippen molar-refractivity contribution in [3.05, 3.63) is 52.8 Å². The number of aliphatic hydroxyl groups is 1. The molecule has 1 N–H and O–H groups in total. The largest absolute Gasteiger partial charge is 0.457 e. The van der Waals surface area contributed by atoms with Gasteiger partial charge < -0.3 is 9.84 Å². The van der Waals surface area contributed by atoms with Crippen molar-refractivity contribution in [3.63, 3.8) is 0 Å². The van der Waals surface area contributed by atoms with Crippen molar-refractivity contribution in [1.82, 2.24) is 0 Å². The third-order valence-electron chi connectivity index (χ3n) is 3.12. The minimum atomic E-state index is -4.48. The number of aliphatic hydroxyl groups excluding tert-OH is 1. The third-order valence-corrected chi connectivity index (χ3v) is 3.95. The lowest BCUT2D eigenvalue weighted by molar-refractivity contribution is -0.0328. The molecule has 8 heteroatoms. The predicted molar refractivity (Wildman–Crippen MR) is 80.2 cm³/mol. The van der Waals surface area contributed by atoms with Crippen molar-refractivity contribution in [3.8, 4) is 17.6 Å². The van der Waals surface area contributed by atoms with Crippen LogP contribution in [-0.4, -0.2) is 10.6 Å². The summed E-state index contributed by atoms with van der Waals surface area (Å²) in [5.41, 5.74) is -4.06. The fourth-order valence-electron chi connectivity index (χ4n) is 2.05. The second-order valence-corrected chi connectivity index (χ2v) is 5.87. The molecular formula is C16H11F4NO2S. The maximum atomic E-state index is 13.4. The summed E-state index contributed by atoms with van der Waals surface area (Å²) in [6.07, 6.45) is 0. The Hall–Kier alpha value is -2.24. The lowest BCUT2D eigenvalue weighted by Gasteiger charge is -2.16. The Morgan fingerprint density at radius 3 is 2.54 bits per heavy atom. The van der Waals surface area contributed by atoms with E-state index in [1.807, 2.05) is 0 Å². The second kappa shape index (κ2) is 7.11. The lowest BCUT2D eigenvalue weighted by atomic mass is 10.1. The number of benzene rings is 2. The zero-order chi connectivity index (χ0) is 17.9. The molecule has 0 saturated carbocycles. The highest BCUT2D eigenvalue weighted by Gasteiger charge is 2.31. The average Bonchev–Trinajstić information content (AvgIpc) is 2.48. The SMILES string of the molecule is Cc1c(Oc2cc(F)cc(C#N)c2)ccc(SC(F)(F)F)c1CO. The molecule has 2 rings (SSSR count). The Morgan fingerprint density at radius 2 is 1.96 bits per heavy atom. The molecule has 0 heterocycles. The number of alkyl halides is 3. The number of hydrogen-bond acceptors (Lipinski definition) is 4. The van der Waals surface area contributed by atoms with Gasteiger partial charge in [0.1, 0.15) is 17.3 Å². The standard InChI is InChI=1S/C16H11F4NO2S/c1-9-13(8-22)15(24-16(18,19)20)3-2-14(9)23-12-5-10(7-21)4-11(17)6-12/h2-6,22H,8H2,1H3. The van der Waals surface area contributed by atoms with Gasteiger partial charge in [-0.1, -0.05) is 0 Å². The molecule has 0 bridgehead atoms. The van der Waals surface area contributed by atoms with Gasteiger partial charge in [-0.15, -0.1) is 0 Å². The van der Waals surface area contributed by atoms with Crippen LogP contribution in [-0.2, 0) is 6.61 Å². The van der Waals surface area contributed by atoms with Crippen molar-refractivity contribution in [2.24, 2.45) is 0 Å². The first-order valence-corrected chi connectivity index (χ1v) is 7.43. The van der Waals surface area contributed by atoms with E-state index in [1.165, 1.54) is 25.1 Å². The summed E-state index contributed by atoms with van der Waals surface area (Å²) < 4.78 is 56.5. The second-order valence-electron chi connectivity index (χ2n) is 4.76. The molecule has 2 aromatic rings. The van der Waals surface area contributed by atoms with Crippen LogP contribution in [0.15, 0.2) is 35.2 Å². The monoisotopic (exact) mass is 357 g/mol. The quantitative estimate of drug-likeness (QED) is 0.624. The molecule has 0 spiro atoms. The summed E-state index contributed by atoms with van der Waals surface area (Å²) in [7, 11) is 0. The van der Waals surface area contributed by atoms with Gasteiger partial charge in [0.15, 0.2) is 0 Å². The molecule has 0 aliphatic rings. The van der Waals surface area contributed by atoms with E-state index in [2.05, 4.69) is 0 Å². The molecule has 2 aromatic carbocycles. The maximum Gasteiger partial charge on any atom is 0.446 e. The first-order valence-electron chi connectivity index (χ1n) is 6.61. The third kappa shape index (κ3) is 4.40. The number of ether oxygens (including phenoxy) is 1. The van der Waals surface area contributed by atoms with Crippen LogP contribution in [0.25, 0.3) is 0 Å². The molecule has 0 unspecified atom stereocenters. The van der Waals surface area contributed by atoms with Gasteiger partial charge in [0, 0.05) is 11.0 Å². The highest BCUT2D eigenvalue weighted by molar-refractivity contribution is 8.00. The smallest absolute Gasteiger partial charge is 0.446 e. The van der Waals surface area contributed by atoms with Crippen molar-refractivity contribution in [1.29, 1.82) is 5.26 Å². The van der Waals surface area contributed by atoms with E-state index in [0.717, 1.165) is 12.1 Å². The van der Waals surface area contributed by atoms with Crippen LogP contribution < -0.4 is 4.74 Å². The number of hydrogen-bond donors (Lipinski definition) is 1. The van der Waals surface area contributed by atoms with Gasteiger partial charge >= 0.3 is 5.51 Å². The van der Waals surface area contributed by atoms with Crippen molar-refractivity contribution in [2.45, 2.75) is 23.9 Å². The lowest BCUT2D eigenvalue weighted by Crippen LogP contribution is -2.03. The summed E-state index contributed by atoms with van der Waals surface area (Å²) in [6, 6.07) is 7.65. The topological polar surface area (TPSA) is 53.2 Å². The highest BCUT2D eigenvalue weighted by Crippen LogP contribution is 2.41. The number of halogens is 4. The molecule has 3 nitrogen and oxygen atoms in total. The Bertz CT molecular complexity index is 800. The first kappa shape index (κ1) is 18.1. The van der Waals surface area contributed by atoms with E-state index in [-0.39, 0.29) is 39.3 Å². The van der Waals surface area contributed by atoms with Crippen LogP contribution in [0.3, 0.4) is 0 Å². The molecule has 0 aliphatic heterocycles. The summed E-state index contributed by atoms with van der Waals surface area (Å²) >= 11 is -0.329. The predicted octanol–water partition coefficient (Wildman–Crippen LogP) is 4.90. The minimum Gasteiger partial charge on any atom is -0.457 e. The number of nitrogens with zero attached hydrogens (tertiary/aromatic N) is 1. The van der Waals surface area contributed by atoms with E-state index in [9.17, 15) is 22.7 Å². The molecule has 0 amide bonds. The van der Waals surface area contributed by atoms with E-state index >= 15 is 0 Å². The van der Waals surface area contributed by atoms with Crippen molar-refractivity contribution < 1.29 is 27.4 Å². The molecule has 0 saturated heterocycles.